The summed E-state index contributed by atoms with van der Waals surface area (Å²) in [5.41, 5.74) is 0. The van der Waals surface area contributed by atoms with Crippen LogP contribution in [-0.2, 0) is 19.1 Å². The van der Waals surface area contributed by atoms with Crippen LogP contribution in [0.4, 0.5) is 0 Å². The van der Waals surface area contributed by atoms with Crippen molar-refractivity contribution in [2.75, 3.05) is 26.3 Å². The molecule has 120 valence electrons. The first-order valence-corrected chi connectivity index (χ1v) is 7.82. The average Bonchev–Trinajstić information content (AvgIpc) is 2.53. The molecule has 2 heterocycles. The standard InChI is InChI=1S/C15H25NO5/c1-11(21-10-13-6-2-3-8-20-13)14(17)16-7-4-5-12(9-16)15(18)19/h11-13H,2-10H2,1H3,(H,18,19)/t11?,12-,13?/m0/s1. The number of nitrogens with zero attached hydrogens (tertiary/aromatic N) is 1. The first-order valence-electron chi connectivity index (χ1n) is 7.82. The van der Waals surface area contributed by atoms with Crippen LogP contribution in [0, 0.1) is 5.92 Å². The van der Waals surface area contributed by atoms with E-state index in [1.54, 1.807) is 11.8 Å². The van der Waals surface area contributed by atoms with Crippen LogP contribution in [0.5, 0.6) is 0 Å². The van der Waals surface area contributed by atoms with Crippen molar-refractivity contribution < 1.29 is 24.2 Å². The smallest absolute Gasteiger partial charge is 0.308 e. The molecule has 2 aliphatic rings. The third kappa shape index (κ3) is 4.68. The highest BCUT2D eigenvalue weighted by Crippen LogP contribution is 2.18. The minimum Gasteiger partial charge on any atom is -0.481 e. The third-order valence-corrected chi connectivity index (χ3v) is 4.24. The molecule has 2 fully saturated rings. The second-order valence-electron chi connectivity index (χ2n) is 5.93. The number of carbonyl (C=O) groups excluding carboxylic acids is 1. The van der Waals surface area contributed by atoms with Crippen LogP contribution in [0.2, 0.25) is 0 Å². The molecule has 1 N–H and O–H groups in total. The maximum absolute atomic E-state index is 12.3. The fraction of sp³-hybridized carbons (Fsp3) is 0.867. The number of ether oxygens (including phenoxy) is 2. The monoisotopic (exact) mass is 299 g/mol. The van der Waals surface area contributed by atoms with Gasteiger partial charge in [-0.05, 0) is 39.0 Å². The second kappa shape index (κ2) is 7.75. The number of hydrogen-bond acceptors (Lipinski definition) is 4. The Bertz CT molecular complexity index is 367. The van der Waals surface area contributed by atoms with E-state index in [0.29, 0.717) is 26.1 Å². The molecule has 0 spiro atoms. The van der Waals surface area contributed by atoms with Gasteiger partial charge in [0.25, 0.3) is 5.91 Å². The Morgan fingerprint density at radius 3 is 2.81 bits per heavy atom. The van der Waals surface area contributed by atoms with Gasteiger partial charge in [0.05, 0.1) is 18.6 Å². The molecule has 0 saturated carbocycles. The number of carboxylic acid groups (broad SMARTS) is 1. The van der Waals surface area contributed by atoms with Crippen LogP contribution in [0.15, 0.2) is 0 Å². The summed E-state index contributed by atoms with van der Waals surface area (Å²) in [6.45, 7) is 3.85. The van der Waals surface area contributed by atoms with Gasteiger partial charge in [0, 0.05) is 19.7 Å². The van der Waals surface area contributed by atoms with Crippen molar-refractivity contribution in [2.45, 2.75) is 51.2 Å². The molecule has 2 rings (SSSR count). The van der Waals surface area contributed by atoms with Crippen LogP contribution in [0.1, 0.15) is 39.0 Å². The van der Waals surface area contributed by atoms with Gasteiger partial charge in [-0.15, -0.1) is 0 Å². The lowest BCUT2D eigenvalue weighted by atomic mass is 9.98. The Kier molecular flexibility index (Phi) is 5.99. The first-order chi connectivity index (χ1) is 10.1. The zero-order valence-electron chi connectivity index (χ0n) is 12.6. The molecule has 0 aromatic carbocycles. The van der Waals surface area contributed by atoms with Crippen LogP contribution in [0.25, 0.3) is 0 Å². The lowest BCUT2D eigenvalue weighted by Gasteiger charge is -2.33. The fourth-order valence-electron chi connectivity index (χ4n) is 2.90. The molecule has 0 radical (unpaired) electrons. The Labute approximate surface area is 125 Å². The summed E-state index contributed by atoms with van der Waals surface area (Å²) in [6.07, 6.45) is 4.14. The third-order valence-electron chi connectivity index (χ3n) is 4.24. The van der Waals surface area contributed by atoms with Gasteiger partial charge in [-0.2, -0.15) is 0 Å². The second-order valence-corrected chi connectivity index (χ2v) is 5.93. The van der Waals surface area contributed by atoms with Crippen LogP contribution >= 0.6 is 0 Å². The van der Waals surface area contributed by atoms with Crippen LogP contribution in [-0.4, -0.2) is 60.4 Å². The highest BCUT2D eigenvalue weighted by Gasteiger charge is 2.30. The Morgan fingerprint density at radius 1 is 1.33 bits per heavy atom. The summed E-state index contributed by atoms with van der Waals surface area (Å²) in [6, 6.07) is 0. The van der Waals surface area contributed by atoms with E-state index < -0.39 is 18.0 Å². The van der Waals surface area contributed by atoms with Gasteiger partial charge in [-0.1, -0.05) is 0 Å². The van der Waals surface area contributed by atoms with E-state index in [9.17, 15) is 9.59 Å². The van der Waals surface area contributed by atoms with Gasteiger partial charge in [0.15, 0.2) is 0 Å². The molecule has 0 aromatic rings. The summed E-state index contributed by atoms with van der Waals surface area (Å²) < 4.78 is 11.2. The zero-order valence-corrected chi connectivity index (χ0v) is 12.6. The maximum Gasteiger partial charge on any atom is 0.308 e. The van der Waals surface area contributed by atoms with Gasteiger partial charge in [0.1, 0.15) is 6.10 Å². The Morgan fingerprint density at radius 2 is 2.14 bits per heavy atom. The number of hydrogen-bond donors (Lipinski definition) is 1. The van der Waals surface area contributed by atoms with Crippen molar-refractivity contribution in [3.05, 3.63) is 0 Å². The number of carboxylic acids is 1. The summed E-state index contributed by atoms with van der Waals surface area (Å²) in [4.78, 5) is 25.0. The molecule has 6 nitrogen and oxygen atoms in total. The molecule has 6 heteroatoms. The molecule has 3 atom stereocenters. The summed E-state index contributed by atoms with van der Waals surface area (Å²) >= 11 is 0. The van der Waals surface area contributed by atoms with E-state index in [1.165, 1.54) is 0 Å². The number of aliphatic carboxylic acids is 1. The highest BCUT2D eigenvalue weighted by atomic mass is 16.5. The first kappa shape index (κ1) is 16.2. The van der Waals surface area contributed by atoms with E-state index in [2.05, 4.69) is 0 Å². The zero-order chi connectivity index (χ0) is 15.2. The van der Waals surface area contributed by atoms with E-state index in [4.69, 9.17) is 14.6 Å². The van der Waals surface area contributed by atoms with Gasteiger partial charge in [0.2, 0.25) is 0 Å². The Balaban J connectivity index is 1.76. The lowest BCUT2D eigenvalue weighted by Crippen LogP contribution is -2.47. The minimum atomic E-state index is -0.823. The largest absolute Gasteiger partial charge is 0.481 e. The van der Waals surface area contributed by atoms with E-state index >= 15 is 0 Å². The molecule has 2 aliphatic heterocycles. The van der Waals surface area contributed by atoms with E-state index in [1.807, 2.05) is 0 Å². The molecule has 21 heavy (non-hydrogen) atoms. The van der Waals surface area contributed by atoms with Crippen molar-refractivity contribution in [2.24, 2.45) is 5.92 Å². The number of rotatable bonds is 5. The van der Waals surface area contributed by atoms with Crippen molar-refractivity contribution in [3.8, 4) is 0 Å². The molecule has 1 amide bonds. The molecule has 2 unspecified atom stereocenters. The topological polar surface area (TPSA) is 76.1 Å². The number of piperidine rings is 1. The molecule has 0 aromatic heterocycles. The van der Waals surface area contributed by atoms with Crippen LogP contribution < -0.4 is 0 Å². The quantitative estimate of drug-likeness (QED) is 0.827. The van der Waals surface area contributed by atoms with Gasteiger partial charge >= 0.3 is 5.97 Å². The van der Waals surface area contributed by atoms with Gasteiger partial charge in [-0.3, -0.25) is 9.59 Å². The molecule has 0 bridgehead atoms. The van der Waals surface area contributed by atoms with Crippen molar-refractivity contribution in [3.63, 3.8) is 0 Å². The van der Waals surface area contributed by atoms with Gasteiger partial charge < -0.3 is 19.5 Å². The number of carbonyl (C=O) groups is 2. The van der Waals surface area contributed by atoms with Crippen molar-refractivity contribution in [1.82, 2.24) is 4.90 Å². The molecule has 2 saturated heterocycles. The van der Waals surface area contributed by atoms with Crippen LogP contribution in [0.3, 0.4) is 0 Å². The molecular formula is C15H25NO5. The summed E-state index contributed by atoms with van der Waals surface area (Å²) in [5, 5.41) is 9.06. The average molecular weight is 299 g/mol. The van der Waals surface area contributed by atoms with Gasteiger partial charge in [-0.25, -0.2) is 0 Å². The normalized spacial score (nSPS) is 28.1. The fourth-order valence-corrected chi connectivity index (χ4v) is 2.90. The van der Waals surface area contributed by atoms with E-state index in [-0.39, 0.29) is 12.0 Å². The number of amides is 1. The summed E-state index contributed by atoms with van der Waals surface area (Å²) in [7, 11) is 0. The molecular weight excluding hydrogens is 274 g/mol. The predicted molar refractivity (Wildman–Crippen MR) is 75.9 cm³/mol. The summed E-state index contributed by atoms with van der Waals surface area (Å²) in [5.74, 6) is -1.38. The highest BCUT2D eigenvalue weighted by molar-refractivity contribution is 5.81. The minimum absolute atomic E-state index is 0.0853. The predicted octanol–water partition coefficient (Wildman–Crippen LogP) is 1.28. The number of likely N-dealkylation sites (tertiary alicyclic amines) is 1. The SMILES string of the molecule is CC(OCC1CCCCO1)C(=O)N1CCC[C@H](C(=O)O)C1. The maximum atomic E-state index is 12.3. The molecule has 0 aliphatic carbocycles. The lowest BCUT2D eigenvalue weighted by molar-refractivity contribution is -0.151. The van der Waals surface area contributed by atoms with Crippen molar-refractivity contribution in [1.29, 1.82) is 0 Å². The Hall–Kier alpha value is -1.14. The van der Waals surface area contributed by atoms with E-state index in [0.717, 1.165) is 32.3 Å². The van der Waals surface area contributed by atoms with Crippen molar-refractivity contribution >= 4 is 11.9 Å².